The number of hydrogen-bond acceptors (Lipinski definition) is 4. The number of carbonyl (C=O) groups excluding carboxylic acids is 3. The van der Waals surface area contributed by atoms with E-state index in [-0.39, 0.29) is 24.6 Å². The minimum absolute atomic E-state index is 0.0863. The van der Waals surface area contributed by atoms with E-state index in [4.69, 9.17) is 0 Å². The van der Waals surface area contributed by atoms with Crippen LogP contribution in [0.2, 0.25) is 0 Å². The van der Waals surface area contributed by atoms with Crippen molar-refractivity contribution in [1.82, 2.24) is 15.5 Å². The molecule has 3 aromatic rings. The van der Waals surface area contributed by atoms with Gasteiger partial charge >= 0.3 is 6.03 Å². The fourth-order valence-corrected chi connectivity index (χ4v) is 4.72. The molecule has 176 valence electrons. The number of urea groups is 1. The summed E-state index contributed by atoms with van der Waals surface area (Å²) in [4.78, 5) is 39.6. The third-order valence-corrected chi connectivity index (χ3v) is 6.57. The third-order valence-electron chi connectivity index (χ3n) is 6.57. The molecular formula is C27H23FN4O3. The molecule has 0 unspecified atom stereocenters. The zero-order valence-corrected chi connectivity index (χ0v) is 19.0. The summed E-state index contributed by atoms with van der Waals surface area (Å²) in [5.74, 6) is -1.43. The van der Waals surface area contributed by atoms with Crippen LogP contribution in [0.15, 0.2) is 67.2 Å². The van der Waals surface area contributed by atoms with Gasteiger partial charge in [0.1, 0.15) is 5.82 Å². The van der Waals surface area contributed by atoms with Crippen LogP contribution >= 0.6 is 0 Å². The van der Waals surface area contributed by atoms with Crippen molar-refractivity contribution in [1.29, 1.82) is 0 Å². The van der Waals surface area contributed by atoms with Crippen LogP contribution < -0.4 is 16.0 Å². The van der Waals surface area contributed by atoms with Crippen molar-refractivity contribution >= 4 is 29.6 Å². The van der Waals surface area contributed by atoms with Gasteiger partial charge in [0.2, 0.25) is 0 Å². The standard InChI is InChI=1S/C27H23FN4O3/c1-3-16-4-5-18(12-23(16)29-2)17-6-9-20(10-7-17)27(25(34)30-26(35)31-27)15-32-14-19-8-11-21(28)13-22(19)24(32)33/h3-13,29H,1,14-15H2,2H3,(H2,30,31,34,35)/t27-/m0/s1. The molecule has 5 rings (SSSR count). The third kappa shape index (κ3) is 3.73. The number of amides is 4. The first-order valence-electron chi connectivity index (χ1n) is 11.1. The lowest BCUT2D eigenvalue weighted by Crippen LogP contribution is -2.52. The van der Waals surface area contributed by atoms with Crippen LogP contribution in [0.5, 0.6) is 0 Å². The molecular weight excluding hydrogens is 447 g/mol. The number of benzene rings is 3. The fraction of sp³-hybridized carbons (Fsp3) is 0.148. The molecule has 2 aliphatic rings. The Morgan fingerprint density at radius 3 is 2.46 bits per heavy atom. The lowest BCUT2D eigenvalue weighted by atomic mass is 9.88. The van der Waals surface area contributed by atoms with Crippen LogP contribution in [0.25, 0.3) is 17.2 Å². The van der Waals surface area contributed by atoms with Gasteiger partial charge in [-0.05, 0) is 46.0 Å². The van der Waals surface area contributed by atoms with Gasteiger partial charge < -0.3 is 15.5 Å². The average Bonchev–Trinajstić information content (AvgIpc) is 3.33. The maximum Gasteiger partial charge on any atom is 0.322 e. The van der Waals surface area contributed by atoms with E-state index >= 15 is 0 Å². The molecule has 1 atom stereocenters. The van der Waals surface area contributed by atoms with E-state index in [9.17, 15) is 18.8 Å². The van der Waals surface area contributed by atoms with Gasteiger partial charge in [0.25, 0.3) is 11.8 Å². The number of nitrogens with one attached hydrogen (secondary N) is 3. The van der Waals surface area contributed by atoms with Gasteiger partial charge in [-0.25, -0.2) is 9.18 Å². The smallest absolute Gasteiger partial charge is 0.322 e. The van der Waals surface area contributed by atoms with Gasteiger partial charge in [0.15, 0.2) is 5.54 Å². The lowest BCUT2D eigenvalue weighted by molar-refractivity contribution is -0.124. The zero-order valence-electron chi connectivity index (χ0n) is 19.0. The van der Waals surface area contributed by atoms with Crippen molar-refractivity contribution in [2.45, 2.75) is 12.1 Å². The van der Waals surface area contributed by atoms with Crippen LogP contribution in [0.4, 0.5) is 14.9 Å². The summed E-state index contributed by atoms with van der Waals surface area (Å²) in [6.45, 7) is 3.96. The second-order valence-corrected chi connectivity index (χ2v) is 8.61. The van der Waals surface area contributed by atoms with Gasteiger partial charge in [0, 0.05) is 24.8 Å². The highest BCUT2D eigenvalue weighted by Crippen LogP contribution is 2.33. The van der Waals surface area contributed by atoms with E-state index < -0.39 is 23.3 Å². The van der Waals surface area contributed by atoms with E-state index in [1.54, 1.807) is 24.3 Å². The fourth-order valence-electron chi connectivity index (χ4n) is 4.72. The maximum atomic E-state index is 13.7. The summed E-state index contributed by atoms with van der Waals surface area (Å²) in [7, 11) is 1.84. The molecule has 0 spiro atoms. The normalized spacial score (nSPS) is 18.8. The molecule has 2 aliphatic heterocycles. The zero-order chi connectivity index (χ0) is 24.7. The molecule has 0 aromatic heterocycles. The number of imide groups is 1. The van der Waals surface area contributed by atoms with Crippen molar-refractivity contribution in [3.8, 4) is 11.1 Å². The summed E-state index contributed by atoms with van der Waals surface area (Å²) in [5, 5.41) is 8.17. The number of hydrogen-bond donors (Lipinski definition) is 3. The van der Waals surface area contributed by atoms with E-state index in [2.05, 4.69) is 22.5 Å². The SMILES string of the molecule is C=Cc1ccc(-c2ccc([C@]3(CN4Cc5ccc(F)cc5C4=O)NC(=O)NC3=O)cc2)cc1NC. The van der Waals surface area contributed by atoms with Crippen molar-refractivity contribution in [2.75, 3.05) is 18.9 Å². The minimum atomic E-state index is -1.46. The van der Waals surface area contributed by atoms with Gasteiger partial charge in [-0.15, -0.1) is 0 Å². The molecule has 0 radical (unpaired) electrons. The average molecular weight is 471 g/mol. The van der Waals surface area contributed by atoms with Crippen molar-refractivity contribution < 1.29 is 18.8 Å². The molecule has 2 heterocycles. The number of halogens is 1. The number of fused-ring (bicyclic) bond motifs is 1. The molecule has 3 N–H and O–H groups in total. The molecule has 1 fully saturated rings. The van der Waals surface area contributed by atoms with E-state index in [1.807, 2.05) is 37.4 Å². The summed E-state index contributed by atoms with van der Waals surface area (Å²) in [5.41, 5.74) is 3.81. The maximum absolute atomic E-state index is 13.7. The van der Waals surface area contributed by atoms with Crippen LogP contribution in [0, 0.1) is 5.82 Å². The molecule has 0 aliphatic carbocycles. The van der Waals surface area contributed by atoms with Crippen LogP contribution in [-0.4, -0.2) is 36.3 Å². The summed E-state index contributed by atoms with van der Waals surface area (Å²) >= 11 is 0. The highest BCUT2D eigenvalue weighted by molar-refractivity contribution is 6.08. The van der Waals surface area contributed by atoms with Crippen molar-refractivity contribution in [2.24, 2.45) is 0 Å². The Labute approximate surface area is 201 Å². The highest BCUT2D eigenvalue weighted by atomic mass is 19.1. The Morgan fingerprint density at radius 1 is 1.06 bits per heavy atom. The summed E-state index contributed by atoms with van der Waals surface area (Å²) in [6, 6.07) is 16.7. The van der Waals surface area contributed by atoms with Crippen LogP contribution in [-0.2, 0) is 16.9 Å². The second-order valence-electron chi connectivity index (χ2n) is 8.61. The van der Waals surface area contributed by atoms with Crippen molar-refractivity contribution in [3.05, 3.63) is 95.3 Å². The second kappa shape index (κ2) is 8.39. The molecule has 8 heteroatoms. The number of rotatable bonds is 6. The largest absolute Gasteiger partial charge is 0.388 e. The molecule has 4 amide bonds. The van der Waals surface area contributed by atoms with Crippen LogP contribution in [0.1, 0.15) is 27.0 Å². The van der Waals surface area contributed by atoms with E-state index in [0.29, 0.717) is 11.1 Å². The van der Waals surface area contributed by atoms with E-state index in [1.165, 1.54) is 17.0 Å². The van der Waals surface area contributed by atoms with Gasteiger partial charge in [-0.1, -0.05) is 55.1 Å². The van der Waals surface area contributed by atoms with E-state index in [0.717, 1.165) is 22.4 Å². The van der Waals surface area contributed by atoms with Crippen molar-refractivity contribution in [3.63, 3.8) is 0 Å². The molecule has 0 bridgehead atoms. The predicted molar refractivity (Wildman–Crippen MR) is 131 cm³/mol. The summed E-state index contributed by atoms with van der Waals surface area (Å²) < 4.78 is 13.7. The Hall–Kier alpha value is -4.46. The highest BCUT2D eigenvalue weighted by Gasteiger charge is 2.50. The number of carbonyl (C=O) groups is 3. The Kier molecular flexibility index (Phi) is 5.36. The first-order valence-corrected chi connectivity index (χ1v) is 11.1. The lowest BCUT2D eigenvalue weighted by Gasteiger charge is -2.31. The Morgan fingerprint density at radius 2 is 1.80 bits per heavy atom. The first kappa shape index (κ1) is 22.3. The number of anilines is 1. The molecule has 35 heavy (non-hydrogen) atoms. The molecule has 1 saturated heterocycles. The Bertz CT molecular complexity index is 1390. The molecule has 0 saturated carbocycles. The van der Waals surface area contributed by atoms with Gasteiger partial charge in [0.05, 0.1) is 6.54 Å². The molecule has 7 nitrogen and oxygen atoms in total. The first-order chi connectivity index (χ1) is 16.8. The van der Waals surface area contributed by atoms with Crippen LogP contribution in [0.3, 0.4) is 0 Å². The topological polar surface area (TPSA) is 90.5 Å². The Balaban J connectivity index is 1.48. The van der Waals surface area contributed by atoms with Gasteiger partial charge in [-0.3, -0.25) is 14.9 Å². The molecule has 3 aromatic carbocycles. The number of nitrogens with zero attached hydrogens (tertiary/aromatic N) is 1. The predicted octanol–water partition coefficient (Wildman–Crippen LogP) is 3.87. The monoisotopic (exact) mass is 470 g/mol. The van der Waals surface area contributed by atoms with Gasteiger partial charge in [-0.2, -0.15) is 0 Å². The quantitative estimate of drug-likeness (QED) is 0.477. The summed E-state index contributed by atoms with van der Waals surface area (Å²) in [6.07, 6.45) is 1.77. The minimum Gasteiger partial charge on any atom is -0.388 e.